The highest BCUT2D eigenvalue weighted by molar-refractivity contribution is 5.11. The third kappa shape index (κ3) is 2.51. The molecular weight excluding hydrogens is 174 g/mol. The molecule has 0 spiro atoms. The topological polar surface area (TPSA) is 51.8 Å². The molecule has 3 nitrogen and oxygen atoms in total. The summed E-state index contributed by atoms with van der Waals surface area (Å²) in [5.74, 6) is 1.63. The quantitative estimate of drug-likeness (QED) is 0.797. The van der Waals surface area contributed by atoms with Crippen LogP contribution in [0.4, 0.5) is 0 Å². The van der Waals surface area contributed by atoms with Crippen molar-refractivity contribution in [3.8, 4) is 0 Å². The summed E-state index contributed by atoms with van der Waals surface area (Å²) >= 11 is 0. The molecule has 0 aliphatic carbocycles. The zero-order valence-corrected chi connectivity index (χ0v) is 9.36. The molecule has 0 aromatic carbocycles. The van der Waals surface area contributed by atoms with E-state index in [1.165, 1.54) is 0 Å². The summed E-state index contributed by atoms with van der Waals surface area (Å²) < 4.78 is 0. The maximum Gasteiger partial charge on any atom is 0.125 e. The summed E-state index contributed by atoms with van der Waals surface area (Å²) in [4.78, 5) is 8.51. The Morgan fingerprint density at radius 2 is 1.93 bits per heavy atom. The van der Waals surface area contributed by atoms with E-state index < -0.39 is 0 Å². The zero-order chi connectivity index (χ0) is 10.7. The van der Waals surface area contributed by atoms with Crippen LogP contribution in [0, 0.1) is 12.8 Å². The lowest BCUT2D eigenvalue weighted by molar-refractivity contribution is 0.425. The van der Waals surface area contributed by atoms with Crippen molar-refractivity contribution < 1.29 is 0 Å². The van der Waals surface area contributed by atoms with Gasteiger partial charge in [-0.25, -0.2) is 9.97 Å². The minimum Gasteiger partial charge on any atom is -0.327 e. The van der Waals surface area contributed by atoms with Crippen LogP contribution in [-0.2, 0) is 0 Å². The van der Waals surface area contributed by atoms with Crippen LogP contribution in [0.15, 0.2) is 12.3 Å². The largest absolute Gasteiger partial charge is 0.327 e. The number of nitrogens with zero attached hydrogens (tertiary/aromatic N) is 2. The van der Waals surface area contributed by atoms with Crippen molar-refractivity contribution >= 4 is 0 Å². The van der Waals surface area contributed by atoms with Crippen LogP contribution < -0.4 is 5.73 Å². The minimum atomic E-state index is 0.129. The highest BCUT2D eigenvalue weighted by atomic mass is 14.9. The second-order valence-corrected chi connectivity index (χ2v) is 4.16. The van der Waals surface area contributed by atoms with E-state index in [4.69, 9.17) is 5.73 Å². The third-order valence-corrected chi connectivity index (χ3v) is 2.42. The first-order valence-corrected chi connectivity index (χ1v) is 5.07. The van der Waals surface area contributed by atoms with Gasteiger partial charge in [-0.2, -0.15) is 0 Å². The van der Waals surface area contributed by atoms with Gasteiger partial charge in [0, 0.05) is 23.9 Å². The number of rotatable bonds is 3. The number of nitrogens with two attached hydrogens (primary N) is 1. The number of hydrogen-bond acceptors (Lipinski definition) is 3. The predicted octanol–water partition coefficient (Wildman–Crippen LogP) is 1.87. The molecule has 0 saturated carbocycles. The molecule has 1 aromatic heterocycles. The molecule has 14 heavy (non-hydrogen) atoms. The Morgan fingerprint density at radius 1 is 1.29 bits per heavy atom. The molecule has 0 aliphatic heterocycles. The van der Waals surface area contributed by atoms with Crippen molar-refractivity contribution in [3.05, 3.63) is 23.8 Å². The lowest BCUT2D eigenvalue weighted by atomic mass is 9.87. The molecule has 2 N–H and O–H groups in total. The highest BCUT2D eigenvalue weighted by Gasteiger charge is 2.21. The van der Waals surface area contributed by atoms with E-state index in [1.54, 1.807) is 6.20 Å². The maximum atomic E-state index is 5.96. The van der Waals surface area contributed by atoms with Gasteiger partial charge >= 0.3 is 0 Å². The van der Waals surface area contributed by atoms with Gasteiger partial charge in [-0.15, -0.1) is 0 Å². The standard InChI is InChI=1S/C11H19N3/c1-7(2)11(8(3)12)10-5-6-13-9(4)14-10/h5-8,11H,12H2,1-4H3. The fourth-order valence-corrected chi connectivity index (χ4v) is 1.88. The van der Waals surface area contributed by atoms with Gasteiger partial charge in [-0.3, -0.25) is 0 Å². The second-order valence-electron chi connectivity index (χ2n) is 4.16. The minimum absolute atomic E-state index is 0.129. The Labute approximate surface area is 85.8 Å². The van der Waals surface area contributed by atoms with Crippen LogP contribution in [0.3, 0.4) is 0 Å². The lowest BCUT2D eigenvalue weighted by Gasteiger charge is -2.24. The lowest BCUT2D eigenvalue weighted by Crippen LogP contribution is -2.29. The van der Waals surface area contributed by atoms with Crippen LogP contribution in [-0.4, -0.2) is 16.0 Å². The van der Waals surface area contributed by atoms with Crippen LogP contribution in [0.5, 0.6) is 0 Å². The molecule has 1 aromatic rings. The first kappa shape index (κ1) is 11.1. The van der Waals surface area contributed by atoms with E-state index in [2.05, 4.69) is 23.8 Å². The van der Waals surface area contributed by atoms with Crippen LogP contribution in [0.2, 0.25) is 0 Å². The molecule has 2 unspecified atom stereocenters. The number of aromatic nitrogens is 2. The zero-order valence-electron chi connectivity index (χ0n) is 9.36. The summed E-state index contributed by atoms with van der Waals surface area (Å²) in [5.41, 5.74) is 7.02. The van der Waals surface area contributed by atoms with Crippen molar-refractivity contribution in [2.24, 2.45) is 11.7 Å². The van der Waals surface area contributed by atoms with Gasteiger partial charge in [0.1, 0.15) is 5.82 Å². The summed E-state index contributed by atoms with van der Waals surface area (Å²) in [7, 11) is 0. The first-order valence-electron chi connectivity index (χ1n) is 5.07. The summed E-state index contributed by atoms with van der Waals surface area (Å²) in [5, 5.41) is 0. The predicted molar refractivity (Wildman–Crippen MR) is 58.0 cm³/mol. The molecule has 0 aliphatic rings. The first-order chi connectivity index (χ1) is 6.52. The van der Waals surface area contributed by atoms with E-state index in [1.807, 2.05) is 19.9 Å². The summed E-state index contributed by atoms with van der Waals surface area (Å²) in [6.07, 6.45) is 1.80. The van der Waals surface area contributed by atoms with Gasteiger partial charge < -0.3 is 5.73 Å². The summed E-state index contributed by atoms with van der Waals surface area (Å²) in [6.45, 7) is 8.28. The van der Waals surface area contributed by atoms with E-state index in [-0.39, 0.29) is 6.04 Å². The molecule has 2 atom stereocenters. The van der Waals surface area contributed by atoms with Crippen molar-refractivity contribution in [1.82, 2.24) is 9.97 Å². The van der Waals surface area contributed by atoms with Crippen molar-refractivity contribution in [1.29, 1.82) is 0 Å². The van der Waals surface area contributed by atoms with E-state index in [9.17, 15) is 0 Å². The molecule has 0 amide bonds. The fraction of sp³-hybridized carbons (Fsp3) is 0.636. The molecule has 78 valence electrons. The van der Waals surface area contributed by atoms with Crippen LogP contribution in [0.25, 0.3) is 0 Å². The molecule has 0 saturated heterocycles. The van der Waals surface area contributed by atoms with Gasteiger partial charge in [0.2, 0.25) is 0 Å². The average Bonchev–Trinajstić information content (AvgIpc) is 2.02. The normalized spacial score (nSPS) is 15.6. The van der Waals surface area contributed by atoms with Gasteiger partial charge in [-0.05, 0) is 25.8 Å². The Morgan fingerprint density at radius 3 is 2.36 bits per heavy atom. The smallest absolute Gasteiger partial charge is 0.125 e. The second kappa shape index (κ2) is 4.51. The molecular formula is C11H19N3. The number of aryl methyl sites for hydroxylation is 1. The molecule has 1 heterocycles. The van der Waals surface area contributed by atoms with E-state index >= 15 is 0 Å². The maximum absolute atomic E-state index is 5.96. The van der Waals surface area contributed by atoms with Gasteiger partial charge in [-0.1, -0.05) is 13.8 Å². The van der Waals surface area contributed by atoms with Gasteiger partial charge in [0.25, 0.3) is 0 Å². The molecule has 0 fully saturated rings. The third-order valence-electron chi connectivity index (χ3n) is 2.42. The van der Waals surface area contributed by atoms with Crippen molar-refractivity contribution in [2.75, 3.05) is 0 Å². The van der Waals surface area contributed by atoms with E-state index in [0.717, 1.165) is 11.5 Å². The summed E-state index contributed by atoms with van der Waals surface area (Å²) in [6, 6.07) is 2.09. The van der Waals surface area contributed by atoms with Gasteiger partial charge in [0.15, 0.2) is 0 Å². The molecule has 3 heteroatoms. The monoisotopic (exact) mass is 193 g/mol. The number of hydrogen-bond donors (Lipinski definition) is 1. The Balaban J connectivity index is 2.99. The van der Waals surface area contributed by atoms with Crippen LogP contribution >= 0.6 is 0 Å². The van der Waals surface area contributed by atoms with E-state index in [0.29, 0.717) is 11.8 Å². The Hall–Kier alpha value is -0.960. The van der Waals surface area contributed by atoms with Crippen LogP contribution in [0.1, 0.15) is 38.2 Å². The van der Waals surface area contributed by atoms with Gasteiger partial charge in [0.05, 0.1) is 0 Å². The Kier molecular flexibility index (Phi) is 3.58. The average molecular weight is 193 g/mol. The van der Waals surface area contributed by atoms with Crippen molar-refractivity contribution in [3.63, 3.8) is 0 Å². The fourth-order valence-electron chi connectivity index (χ4n) is 1.88. The molecule has 1 rings (SSSR count). The van der Waals surface area contributed by atoms with Crippen molar-refractivity contribution in [2.45, 2.75) is 39.7 Å². The SMILES string of the molecule is Cc1nccc(C(C(C)C)C(C)N)n1. The molecule has 0 radical (unpaired) electrons. The highest BCUT2D eigenvalue weighted by Crippen LogP contribution is 2.24. The Bertz CT molecular complexity index is 286. The molecule has 0 bridgehead atoms.